The van der Waals surface area contributed by atoms with Gasteiger partial charge in [0.2, 0.25) is 0 Å². The summed E-state index contributed by atoms with van der Waals surface area (Å²) in [6.07, 6.45) is 3.00. The highest BCUT2D eigenvalue weighted by Crippen LogP contribution is 2.26. The first-order valence-corrected chi connectivity index (χ1v) is 11.9. The van der Waals surface area contributed by atoms with Crippen molar-refractivity contribution in [2.75, 3.05) is 26.3 Å². The number of thiazole rings is 1. The van der Waals surface area contributed by atoms with E-state index in [1.807, 2.05) is 4.90 Å². The molecule has 2 aromatic heterocycles. The largest absolute Gasteiger partial charge is 0.453 e. The molecule has 0 amide bonds. The van der Waals surface area contributed by atoms with E-state index in [2.05, 4.69) is 4.98 Å². The molecule has 0 unspecified atom stereocenters. The van der Waals surface area contributed by atoms with E-state index in [0.29, 0.717) is 36.1 Å². The summed E-state index contributed by atoms with van der Waals surface area (Å²) in [4.78, 5) is 31.2. The first-order chi connectivity index (χ1) is 17.5. The molecule has 0 radical (unpaired) electrons. The molecule has 0 aliphatic rings. The zero-order valence-electron chi connectivity index (χ0n) is 19.1. The maximum absolute atomic E-state index is 13.3. The number of fused-ring (bicyclic) bond motifs is 1. The fourth-order valence-electron chi connectivity index (χ4n) is 3.62. The first kappa shape index (κ1) is 25.4. The van der Waals surface area contributed by atoms with Gasteiger partial charge in [-0.05, 0) is 41.5 Å². The van der Waals surface area contributed by atoms with E-state index in [9.17, 15) is 24.2 Å². The molecule has 10 heteroatoms. The van der Waals surface area contributed by atoms with E-state index in [1.54, 1.807) is 17.5 Å². The molecule has 186 valence electrons. The van der Waals surface area contributed by atoms with E-state index in [4.69, 9.17) is 9.15 Å². The number of carbonyl (C=O) groups is 1. The number of benzene rings is 2. The number of rotatable bonds is 11. The molecule has 8 nitrogen and oxygen atoms in total. The number of allylic oxidation sites excluding steroid dienone is 1. The van der Waals surface area contributed by atoms with Crippen LogP contribution in [0.15, 0.2) is 75.1 Å². The summed E-state index contributed by atoms with van der Waals surface area (Å²) in [7, 11) is 0. The number of aliphatic hydroxyl groups excluding tert-OH is 2. The van der Waals surface area contributed by atoms with Crippen LogP contribution in [0.5, 0.6) is 5.75 Å². The van der Waals surface area contributed by atoms with Crippen LogP contribution >= 0.6 is 11.3 Å². The number of carbonyl (C=O) groups excluding carboxylic acids is 1. The van der Waals surface area contributed by atoms with Crippen molar-refractivity contribution in [1.82, 2.24) is 9.88 Å². The molecular weight excluding hydrogens is 487 g/mol. The lowest BCUT2D eigenvalue weighted by molar-refractivity contribution is 0.0988. The number of Topliss-reactive ketones (excluding diaryl/α,β-unsaturated/α-hetero) is 1. The van der Waals surface area contributed by atoms with Gasteiger partial charge < -0.3 is 19.4 Å². The molecule has 0 spiro atoms. The van der Waals surface area contributed by atoms with Gasteiger partial charge in [0.05, 0.1) is 13.2 Å². The number of halogens is 1. The van der Waals surface area contributed by atoms with Crippen LogP contribution in [0.3, 0.4) is 0 Å². The summed E-state index contributed by atoms with van der Waals surface area (Å²) in [5, 5.41) is 21.1. The second-order valence-electron chi connectivity index (χ2n) is 7.80. The lowest BCUT2D eigenvalue weighted by Crippen LogP contribution is -2.29. The molecule has 0 saturated carbocycles. The summed E-state index contributed by atoms with van der Waals surface area (Å²) in [5.41, 5.74) is 0.906. The third-order valence-corrected chi connectivity index (χ3v) is 6.05. The maximum atomic E-state index is 13.3. The Labute approximate surface area is 209 Å². The van der Waals surface area contributed by atoms with Gasteiger partial charge in [-0.1, -0.05) is 12.1 Å². The first-order valence-electron chi connectivity index (χ1n) is 11.1. The molecule has 0 bridgehead atoms. The van der Waals surface area contributed by atoms with Crippen LogP contribution in [-0.2, 0) is 6.54 Å². The zero-order valence-corrected chi connectivity index (χ0v) is 19.9. The summed E-state index contributed by atoms with van der Waals surface area (Å²) in [5.74, 6) is -0.638. The summed E-state index contributed by atoms with van der Waals surface area (Å²) >= 11 is 1.16. The Kier molecular flexibility index (Phi) is 8.34. The van der Waals surface area contributed by atoms with Gasteiger partial charge >= 0.3 is 5.63 Å². The highest BCUT2D eigenvalue weighted by molar-refractivity contribution is 7.11. The molecular formula is C26H23FN2O6S. The zero-order chi connectivity index (χ0) is 25.5. The molecule has 2 heterocycles. The quantitative estimate of drug-likeness (QED) is 0.137. The molecule has 2 N–H and O–H groups in total. The summed E-state index contributed by atoms with van der Waals surface area (Å²) < 4.78 is 24.6. The molecule has 0 atom stereocenters. The van der Waals surface area contributed by atoms with Crippen LogP contribution < -0.4 is 10.4 Å². The van der Waals surface area contributed by atoms with Gasteiger partial charge in [-0.15, -0.1) is 11.3 Å². The number of aliphatic hydroxyl groups is 2. The fraction of sp³-hybridized carbons (Fsp3) is 0.192. The summed E-state index contributed by atoms with van der Waals surface area (Å²) in [6, 6.07) is 11.8. The van der Waals surface area contributed by atoms with Gasteiger partial charge in [0.1, 0.15) is 17.1 Å². The Balaban J connectivity index is 1.69. The molecule has 0 aliphatic carbocycles. The third-order valence-electron chi connectivity index (χ3n) is 5.27. The Morgan fingerprint density at radius 1 is 1.11 bits per heavy atom. The minimum Gasteiger partial charge on any atom is -0.453 e. The lowest BCUT2D eigenvalue weighted by atomic mass is 10.1. The topological polar surface area (TPSA) is 113 Å². The van der Waals surface area contributed by atoms with E-state index in [1.165, 1.54) is 48.7 Å². The van der Waals surface area contributed by atoms with Gasteiger partial charge in [0.15, 0.2) is 10.8 Å². The molecule has 4 aromatic rings. The van der Waals surface area contributed by atoms with E-state index < -0.39 is 17.2 Å². The van der Waals surface area contributed by atoms with Crippen LogP contribution in [0.2, 0.25) is 0 Å². The number of ketones is 1. The monoisotopic (exact) mass is 510 g/mol. The molecule has 36 heavy (non-hydrogen) atoms. The van der Waals surface area contributed by atoms with Crippen LogP contribution in [-0.4, -0.2) is 52.2 Å². The smallest absolute Gasteiger partial charge is 0.336 e. The minimum absolute atomic E-state index is 0.0357. The number of hydrogen-bond donors (Lipinski definition) is 2. The Hall–Kier alpha value is -3.70. The van der Waals surface area contributed by atoms with Gasteiger partial charge in [-0.25, -0.2) is 14.2 Å². The standard InChI is InChI=1S/C26H23FN2O6S/c27-19-3-1-17(2-4-19)13-23(25(33)26-28-7-12-36-26)34-20-5-6-21-18(14-24(32)35-22(21)15-20)16-29(8-10-30)9-11-31/h1-7,12-15,30-31H,8-11,16H2/b23-13-. The molecule has 0 fully saturated rings. The van der Waals surface area contributed by atoms with E-state index in [0.717, 1.165) is 11.3 Å². The lowest BCUT2D eigenvalue weighted by Gasteiger charge is -2.20. The van der Waals surface area contributed by atoms with Gasteiger partial charge in [0, 0.05) is 48.7 Å². The Morgan fingerprint density at radius 2 is 1.86 bits per heavy atom. The summed E-state index contributed by atoms with van der Waals surface area (Å²) in [6.45, 7) is 0.808. The SMILES string of the molecule is O=C(/C(=C/c1ccc(F)cc1)Oc1ccc2c(CN(CCO)CCO)cc(=O)oc2c1)c1nccs1. The number of ether oxygens (including phenoxy) is 1. The van der Waals surface area contributed by atoms with Crippen LogP contribution in [0.25, 0.3) is 17.0 Å². The van der Waals surface area contributed by atoms with Crippen LogP contribution in [0.1, 0.15) is 20.9 Å². The van der Waals surface area contributed by atoms with Crippen molar-refractivity contribution in [1.29, 1.82) is 0 Å². The van der Waals surface area contributed by atoms with Crippen LogP contribution in [0.4, 0.5) is 4.39 Å². The van der Waals surface area contributed by atoms with Crippen molar-refractivity contribution in [2.45, 2.75) is 6.54 Å². The second-order valence-corrected chi connectivity index (χ2v) is 8.70. The third kappa shape index (κ3) is 6.29. The molecule has 0 aliphatic heterocycles. The fourth-order valence-corrected chi connectivity index (χ4v) is 4.20. The highest BCUT2D eigenvalue weighted by atomic mass is 32.1. The van der Waals surface area contributed by atoms with Crippen molar-refractivity contribution in [3.63, 3.8) is 0 Å². The normalized spacial score (nSPS) is 11.8. The van der Waals surface area contributed by atoms with Crippen molar-refractivity contribution in [3.8, 4) is 5.75 Å². The van der Waals surface area contributed by atoms with Gasteiger partial charge in [-0.3, -0.25) is 9.69 Å². The van der Waals surface area contributed by atoms with E-state index in [-0.39, 0.29) is 35.3 Å². The highest BCUT2D eigenvalue weighted by Gasteiger charge is 2.19. The maximum Gasteiger partial charge on any atom is 0.336 e. The van der Waals surface area contributed by atoms with Crippen LogP contribution in [0, 0.1) is 5.82 Å². The van der Waals surface area contributed by atoms with Crippen molar-refractivity contribution in [2.24, 2.45) is 0 Å². The van der Waals surface area contributed by atoms with Crippen molar-refractivity contribution < 1.29 is 28.6 Å². The predicted molar refractivity (Wildman–Crippen MR) is 133 cm³/mol. The van der Waals surface area contributed by atoms with Crippen molar-refractivity contribution in [3.05, 3.63) is 98.2 Å². The van der Waals surface area contributed by atoms with Crippen molar-refractivity contribution >= 4 is 34.2 Å². The second kappa shape index (κ2) is 11.8. The molecule has 0 saturated heterocycles. The van der Waals surface area contributed by atoms with Gasteiger partial charge in [0.25, 0.3) is 5.78 Å². The van der Waals surface area contributed by atoms with Gasteiger partial charge in [-0.2, -0.15) is 0 Å². The molecule has 4 rings (SSSR count). The Morgan fingerprint density at radius 3 is 2.53 bits per heavy atom. The predicted octanol–water partition coefficient (Wildman–Crippen LogP) is 3.48. The number of nitrogens with zero attached hydrogens (tertiary/aromatic N) is 2. The number of aromatic nitrogens is 1. The average Bonchev–Trinajstić information content (AvgIpc) is 3.40. The Bertz CT molecular complexity index is 1410. The average molecular weight is 511 g/mol. The minimum atomic E-state index is -0.566. The number of hydrogen-bond acceptors (Lipinski definition) is 9. The van der Waals surface area contributed by atoms with E-state index >= 15 is 0 Å². The molecule has 2 aromatic carbocycles.